The Bertz CT molecular complexity index is 353. The van der Waals surface area contributed by atoms with Crippen LogP contribution in [0.5, 0.6) is 0 Å². The Morgan fingerprint density at radius 3 is 2.29 bits per heavy atom. The van der Waals surface area contributed by atoms with Gasteiger partial charge in [0, 0.05) is 6.61 Å². The summed E-state index contributed by atoms with van der Waals surface area (Å²) in [6.45, 7) is 11.7. The minimum Gasteiger partial charge on any atom is -0.379 e. The van der Waals surface area contributed by atoms with Crippen molar-refractivity contribution >= 4 is 0 Å². The third kappa shape index (κ3) is 6.60. The normalized spacial score (nSPS) is 14.3. The van der Waals surface area contributed by atoms with E-state index in [-0.39, 0.29) is 12.1 Å². The van der Waals surface area contributed by atoms with E-state index in [0.717, 1.165) is 19.6 Å². The van der Waals surface area contributed by atoms with Crippen molar-refractivity contribution in [3.63, 3.8) is 0 Å². The first-order valence-corrected chi connectivity index (χ1v) is 8.18. The summed E-state index contributed by atoms with van der Waals surface area (Å²) in [5, 5.41) is 3.57. The quantitative estimate of drug-likeness (QED) is 0.629. The Morgan fingerprint density at radius 1 is 1.00 bits per heavy atom. The molecule has 0 aliphatic heterocycles. The van der Waals surface area contributed by atoms with Crippen LogP contribution in [0, 0.1) is 5.92 Å². The van der Waals surface area contributed by atoms with Crippen molar-refractivity contribution in [3.8, 4) is 0 Å². The van der Waals surface area contributed by atoms with Gasteiger partial charge in [0.15, 0.2) is 0 Å². The third-order valence-electron chi connectivity index (χ3n) is 3.45. The second-order valence-electron chi connectivity index (χ2n) is 5.64. The number of likely N-dealkylation sites (N-methyl/N-ethyl adjacent to an activating group) is 1. The Balaban J connectivity index is 2.65. The molecular formula is C18H31NO2. The van der Waals surface area contributed by atoms with E-state index in [1.165, 1.54) is 5.56 Å². The lowest BCUT2D eigenvalue weighted by Crippen LogP contribution is -2.38. The predicted molar refractivity (Wildman–Crippen MR) is 88.5 cm³/mol. The zero-order valence-corrected chi connectivity index (χ0v) is 14.0. The van der Waals surface area contributed by atoms with Gasteiger partial charge in [-0.2, -0.15) is 0 Å². The molecule has 1 rings (SSSR count). The molecule has 2 atom stereocenters. The fraction of sp³-hybridized carbons (Fsp3) is 0.667. The summed E-state index contributed by atoms with van der Waals surface area (Å²) in [5.74, 6) is 0.445. The van der Waals surface area contributed by atoms with Crippen LogP contribution in [0.4, 0.5) is 0 Å². The average Bonchev–Trinajstić information content (AvgIpc) is 2.50. The molecule has 0 fully saturated rings. The maximum atomic E-state index is 6.13. The third-order valence-corrected chi connectivity index (χ3v) is 3.45. The molecule has 1 aromatic rings. The highest BCUT2D eigenvalue weighted by Gasteiger charge is 2.25. The topological polar surface area (TPSA) is 30.5 Å². The van der Waals surface area contributed by atoms with Crippen LogP contribution < -0.4 is 5.32 Å². The van der Waals surface area contributed by atoms with Crippen molar-refractivity contribution in [2.75, 3.05) is 26.4 Å². The molecule has 0 saturated heterocycles. The molecule has 2 unspecified atom stereocenters. The molecular weight excluding hydrogens is 262 g/mol. The summed E-state index contributed by atoms with van der Waals surface area (Å²) in [4.78, 5) is 0. The van der Waals surface area contributed by atoms with Crippen molar-refractivity contribution in [3.05, 3.63) is 35.9 Å². The molecule has 0 heterocycles. The molecule has 1 aromatic carbocycles. The summed E-state index contributed by atoms with van der Waals surface area (Å²) < 4.78 is 11.6. The molecule has 0 saturated carbocycles. The maximum Gasteiger partial charge on any atom is 0.0793 e. The fourth-order valence-electron chi connectivity index (χ4n) is 2.47. The molecule has 0 aliphatic carbocycles. The molecule has 120 valence electrons. The first-order valence-electron chi connectivity index (χ1n) is 8.18. The van der Waals surface area contributed by atoms with E-state index < -0.39 is 0 Å². The van der Waals surface area contributed by atoms with Gasteiger partial charge in [-0.05, 0) is 24.4 Å². The predicted octanol–water partition coefficient (Wildman–Crippen LogP) is 3.81. The minimum absolute atomic E-state index is 0.151. The highest BCUT2D eigenvalue weighted by molar-refractivity contribution is 5.20. The van der Waals surface area contributed by atoms with Gasteiger partial charge in [0.2, 0.25) is 0 Å². The molecule has 0 aliphatic rings. The monoisotopic (exact) mass is 293 g/mol. The Morgan fingerprint density at radius 2 is 1.71 bits per heavy atom. The van der Waals surface area contributed by atoms with Crippen molar-refractivity contribution in [1.29, 1.82) is 0 Å². The molecule has 3 nitrogen and oxygen atoms in total. The Labute approximate surface area is 130 Å². The standard InChI is InChI=1S/C18H31NO2/c1-5-12-20-13-14-21-18(15(3)4)17(19-6-2)16-10-8-7-9-11-16/h7-11,15,17-19H,5-6,12-14H2,1-4H3. The fourth-order valence-corrected chi connectivity index (χ4v) is 2.47. The van der Waals surface area contributed by atoms with E-state index in [1.54, 1.807) is 0 Å². The zero-order chi connectivity index (χ0) is 15.5. The number of benzene rings is 1. The van der Waals surface area contributed by atoms with Gasteiger partial charge >= 0.3 is 0 Å². The summed E-state index contributed by atoms with van der Waals surface area (Å²) >= 11 is 0. The summed E-state index contributed by atoms with van der Waals surface area (Å²) in [5.41, 5.74) is 1.28. The average molecular weight is 293 g/mol. The van der Waals surface area contributed by atoms with Crippen molar-refractivity contribution < 1.29 is 9.47 Å². The molecule has 21 heavy (non-hydrogen) atoms. The molecule has 0 bridgehead atoms. The number of ether oxygens (including phenoxy) is 2. The Hall–Kier alpha value is -0.900. The second kappa shape index (κ2) is 10.8. The molecule has 1 N–H and O–H groups in total. The van der Waals surface area contributed by atoms with Crippen LogP contribution in [0.3, 0.4) is 0 Å². The molecule has 0 radical (unpaired) electrons. The first-order chi connectivity index (χ1) is 10.2. The van der Waals surface area contributed by atoms with E-state index in [0.29, 0.717) is 19.1 Å². The maximum absolute atomic E-state index is 6.13. The van der Waals surface area contributed by atoms with Gasteiger partial charge in [-0.15, -0.1) is 0 Å². The lowest BCUT2D eigenvalue weighted by molar-refractivity contribution is -0.0329. The summed E-state index contributed by atoms with van der Waals surface area (Å²) in [6, 6.07) is 10.8. The number of rotatable bonds is 11. The summed E-state index contributed by atoms with van der Waals surface area (Å²) in [6.07, 6.45) is 1.20. The van der Waals surface area contributed by atoms with Crippen LogP contribution in [0.25, 0.3) is 0 Å². The summed E-state index contributed by atoms with van der Waals surface area (Å²) in [7, 11) is 0. The van der Waals surface area contributed by atoms with Crippen LogP contribution in [0.1, 0.15) is 45.7 Å². The highest BCUT2D eigenvalue weighted by Crippen LogP contribution is 2.24. The molecule has 0 aromatic heterocycles. The van der Waals surface area contributed by atoms with Crippen LogP contribution in [-0.4, -0.2) is 32.5 Å². The van der Waals surface area contributed by atoms with Gasteiger partial charge in [0.05, 0.1) is 25.4 Å². The lowest BCUT2D eigenvalue weighted by Gasteiger charge is -2.31. The van der Waals surface area contributed by atoms with E-state index in [9.17, 15) is 0 Å². The van der Waals surface area contributed by atoms with Gasteiger partial charge in [-0.3, -0.25) is 0 Å². The Kier molecular flexibility index (Phi) is 9.31. The van der Waals surface area contributed by atoms with Gasteiger partial charge in [-0.25, -0.2) is 0 Å². The van der Waals surface area contributed by atoms with E-state index in [1.807, 2.05) is 0 Å². The SMILES string of the molecule is CCCOCCOC(C(C)C)C(NCC)c1ccccc1. The van der Waals surface area contributed by atoms with Gasteiger partial charge < -0.3 is 14.8 Å². The largest absolute Gasteiger partial charge is 0.379 e. The lowest BCUT2D eigenvalue weighted by atomic mass is 9.93. The smallest absolute Gasteiger partial charge is 0.0793 e. The second-order valence-corrected chi connectivity index (χ2v) is 5.64. The van der Waals surface area contributed by atoms with E-state index in [4.69, 9.17) is 9.47 Å². The van der Waals surface area contributed by atoms with Crippen LogP contribution >= 0.6 is 0 Å². The highest BCUT2D eigenvalue weighted by atomic mass is 16.5. The molecule has 3 heteroatoms. The van der Waals surface area contributed by atoms with E-state index >= 15 is 0 Å². The van der Waals surface area contributed by atoms with E-state index in [2.05, 4.69) is 63.3 Å². The first kappa shape index (κ1) is 18.1. The van der Waals surface area contributed by atoms with Crippen molar-refractivity contribution in [2.24, 2.45) is 5.92 Å². The van der Waals surface area contributed by atoms with Crippen LogP contribution in [0.15, 0.2) is 30.3 Å². The molecule has 0 amide bonds. The minimum atomic E-state index is 0.151. The van der Waals surface area contributed by atoms with Gasteiger partial charge in [0.25, 0.3) is 0 Å². The number of hydrogen-bond acceptors (Lipinski definition) is 3. The van der Waals surface area contributed by atoms with Gasteiger partial charge in [0.1, 0.15) is 0 Å². The van der Waals surface area contributed by atoms with Gasteiger partial charge in [-0.1, -0.05) is 58.0 Å². The number of nitrogens with one attached hydrogen (secondary N) is 1. The number of hydrogen-bond donors (Lipinski definition) is 1. The van der Waals surface area contributed by atoms with Crippen molar-refractivity contribution in [1.82, 2.24) is 5.32 Å². The van der Waals surface area contributed by atoms with Crippen LogP contribution in [0.2, 0.25) is 0 Å². The van der Waals surface area contributed by atoms with Crippen molar-refractivity contribution in [2.45, 2.75) is 46.3 Å². The zero-order valence-electron chi connectivity index (χ0n) is 14.0. The van der Waals surface area contributed by atoms with Crippen LogP contribution in [-0.2, 0) is 9.47 Å². The molecule has 0 spiro atoms.